The Kier molecular flexibility index (Phi) is 4.62. The number of nitrogens with zero attached hydrogens (tertiary/aromatic N) is 1. The molecule has 0 aliphatic carbocycles. The van der Waals surface area contributed by atoms with Gasteiger partial charge >= 0.3 is 0 Å². The molecule has 24 heavy (non-hydrogen) atoms. The Bertz CT molecular complexity index is 914. The lowest BCUT2D eigenvalue weighted by atomic mass is 10.2. The van der Waals surface area contributed by atoms with Gasteiger partial charge in [-0.05, 0) is 17.7 Å². The fourth-order valence-electron chi connectivity index (χ4n) is 2.94. The van der Waals surface area contributed by atoms with E-state index in [4.69, 9.17) is 9.90 Å². The van der Waals surface area contributed by atoms with Crippen molar-refractivity contribution in [3.05, 3.63) is 84.4 Å². The number of benzene rings is 3. The van der Waals surface area contributed by atoms with E-state index in [0.717, 1.165) is 13.5 Å². The van der Waals surface area contributed by atoms with E-state index in [1.165, 1.54) is 27.4 Å². The van der Waals surface area contributed by atoms with Gasteiger partial charge in [0, 0.05) is 35.3 Å². The van der Waals surface area contributed by atoms with Gasteiger partial charge in [0.05, 0.1) is 0 Å². The predicted octanol–water partition coefficient (Wildman–Crippen LogP) is 4.93. The second-order valence-electron chi connectivity index (χ2n) is 5.63. The zero-order valence-corrected chi connectivity index (χ0v) is 13.5. The Morgan fingerprint density at radius 1 is 0.792 bits per heavy atom. The SMILES string of the molecule is CC(=O)O.c1ccc(Cn2c3ccccc3c3ccccc32)cc1. The molecule has 0 saturated heterocycles. The molecule has 3 aromatic carbocycles. The van der Waals surface area contributed by atoms with Crippen LogP contribution in [0.5, 0.6) is 0 Å². The van der Waals surface area contributed by atoms with Crippen LogP contribution in [-0.4, -0.2) is 15.6 Å². The van der Waals surface area contributed by atoms with Gasteiger partial charge in [-0.2, -0.15) is 0 Å². The highest BCUT2D eigenvalue weighted by molar-refractivity contribution is 6.08. The van der Waals surface area contributed by atoms with Gasteiger partial charge in [-0.1, -0.05) is 66.7 Å². The van der Waals surface area contributed by atoms with Crippen molar-refractivity contribution >= 4 is 27.8 Å². The number of fused-ring (bicyclic) bond motifs is 3. The highest BCUT2D eigenvalue weighted by atomic mass is 16.4. The van der Waals surface area contributed by atoms with Gasteiger partial charge in [0.25, 0.3) is 5.97 Å². The molecule has 4 rings (SSSR count). The second kappa shape index (κ2) is 7.01. The maximum atomic E-state index is 9.00. The number of carboxylic acid groups (broad SMARTS) is 1. The highest BCUT2D eigenvalue weighted by Gasteiger charge is 2.09. The monoisotopic (exact) mass is 317 g/mol. The molecule has 1 aromatic heterocycles. The molecule has 0 aliphatic rings. The van der Waals surface area contributed by atoms with E-state index in [0.29, 0.717) is 0 Å². The lowest BCUT2D eigenvalue weighted by Gasteiger charge is -2.07. The third kappa shape index (κ3) is 3.30. The van der Waals surface area contributed by atoms with Crippen LogP contribution in [0.25, 0.3) is 21.8 Å². The van der Waals surface area contributed by atoms with Gasteiger partial charge in [0.15, 0.2) is 0 Å². The summed E-state index contributed by atoms with van der Waals surface area (Å²) in [5, 5.41) is 10.1. The van der Waals surface area contributed by atoms with E-state index < -0.39 is 5.97 Å². The molecule has 0 aliphatic heterocycles. The van der Waals surface area contributed by atoms with Crippen LogP contribution in [0.4, 0.5) is 0 Å². The maximum absolute atomic E-state index is 9.00. The van der Waals surface area contributed by atoms with Crippen LogP contribution < -0.4 is 0 Å². The average Bonchev–Trinajstić information content (AvgIpc) is 2.90. The Morgan fingerprint density at radius 2 is 1.21 bits per heavy atom. The number of aliphatic carboxylic acids is 1. The molecule has 0 fully saturated rings. The lowest BCUT2D eigenvalue weighted by molar-refractivity contribution is -0.134. The van der Waals surface area contributed by atoms with E-state index >= 15 is 0 Å². The van der Waals surface area contributed by atoms with Crippen molar-refractivity contribution in [2.24, 2.45) is 0 Å². The summed E-state index contributed by atoms with van der Waals surface area (Å²) in [5.41, 5.74) is 3.94. The third-order valence-corrected chi connectivity index (χ3v) is 3.86. The molecule has 0 atom stereocenters. The number of para-hydroxylation sites is 2. The van der Waals surface area contributed by atoms with Crippen molar-refractivity contribution in [2.45, 2.75) is 13.5 Å². The summed E-state index contributed by atoms with van der Waals surface area (Å²) in [7, 11) is 0. The van der Waals surface area contributed by atoms with Gasteiger partial charge in [0.1, 0.15) is 0 Å². The van der Waals surface area contributed by atoms with Gasteiger partial charge in [-0.25, -0.2) is 0 Å². The first kappa shape index (κ1) is 15.8. The van der Waals surface area contributed by atoms with E-state index in [1.54, 1.807) is 0 Å². The molecule has 1 N–H and O–H groups in total. The van der Waals surface area contributed by atoms with Crippen molar-refractivity contribution in [2.75, 3.05) is 0 Å². The summed E-state index contributed by atoms with van der Waals surface area (Å²) < 4.78 is 2.40. The number of carbonyl (C=O) groups is 1. The molecule has 0 unspecified atom stereocenters. The third-order valence-electron chi connectivity index (χ3n) is 3.86. The first-order chi connectivity index (χ1) is 11.7. The summed E-state index contributed by atoms with van der Waals surface area (Å²) in [4.78, 5) is 9.00. The van der Waals surface area contributed by atoms with E-state index in [1.807, 2.05) is 0 Å². The van der Waals surface area contributed by atoms with Gasteiger partial charge in [-0.3, -0.25) is 4.79 Å². The molecule has 0 saturated carbocycles. The Hall–Kier alpha value is -3.07. The Balaban J connectivity index is 0.000000383. The molecular weight excluding hydrogens is 298 g/mol. The minimum absolute atomic E-state index is 0.833. The Morgan fingerprint density at radius 3 is 1.71 bits per heavy atom. The summed E-state index contributed by atoms with van der Waals surface area (Å²) >= 11 is 0. The molecule has 3 nitrogen and oxygen atoms in total. The summed E-state index contributed by atoms with van der Waals surface area (Å²) in [6.45, 7) is 1.99. The van der Waals surface area contributed by atoms with E-state index in [-0.39, 0.29) is 0 Å². The molecular formula is C21H19NO2. The van der Waals surface area contributed by atoms with Gasteiger partial charge in [-0.15, -0.1) is 0 Å². The van der Waals surface area contributed by atoms with Crippen molar-refractivity contribution in [1.29, 1.82) is 0 Å². The van der Waals surface area contributed by atoms with Crippen LogP contribution in [0.1, 0.15) is 12.5 Å². The molecule has 0 amide bonds. The molecule has 0 spiro atoms. The number of carboxylic acids is 1. The normalized spacial score (nSPS) is 10.4. The van der Waals surface area contributed by atoms with Crippen LogP contribution in [-0.2, 0) is 11.3 Å². The fourth-order valence-corrected chi connectivity index (χ4v) is 2.94. The zero-order valence-electron chi connectivity index (χ0n) is 13.5. The van der Waals surface area contributed by atoms with E-state index in [9.17, 15) is 0 Å². The minimum atomic E-state index is -0.833. The molecule has 1 heterocycles. The standard InChI is InChI=1S/C19H15N.C2H4O2/c1-2-8-15(9-3-1)14-20-18-12-6-4-10-16(18)17-11-5-7-13-19(17)20;1-2(3)4/h1-13H,14H2;1H3,(H,3,4). The van der Waals surface area contributed by atoms with Crippen LogP contribution in [0, 0.1) is 0 Å². The van der Waals surface area contributed by atoms with Crippen LogP contribution in [0.15, 0.2) is 78.9 Å². The van der Waals surface area contributed by atoms with Crippen molar-refractivity contribution in [1.82, 2.24) is 4.57 Å². The van der Waals surface area contributed by atoms with Crippen molar-refractivity contribution in [3.8, 4) is 0 Å². The second-order valence-corrected chi connectivity index (χ2v) is 5.63. The first-order valence-electron chi connectivity index (χ1n) is 7.86. The summed E-state index contributed by atoms with van der Waals surface area (Å²) in [6.07, 6.45) is 0. The largest absolute Gasteiger partial charge is 0.481 e. The summed E-state index contributed by atoms with van der Waals surface area (Å²) in [6, 6.07) is 27.9. The number of hydrogen-bond acceptors (Lipinski definition) is 1. The predicted molar refractivity (Wildman–Crippen MR) is 98.3 cm³/mol. The number of rotatable bonds is 2. The quantitative estimate of drug-likeness (QED) is 0.569. The summed E-state index contributed by atoms with van der Waals surface area (Å²) in [5.74, 6) is -0.833. The average molecular weight is 317 g/mol. The van der Waals surface area contributed by atoms with Gasteiger partial charge < -0.3 is 9.67 Å². The van der Waals surface area contributed by atoms with E-state index in [2.05, 4.69) is 83.4 Å². The lowest BCUT2D eigenvalue weighted by Crippen LogP contribution is -1.98. The topological polar surface area (TPSA) is 42.2 Å². The fraction of sp³-hybridized carbons (Fsp3) is 0.0952. The maximum Gasteiger partial charge on any atom is 0.300 e. The van der Waals surface area contributed by atoms with Crippen LogP contribution >= 0.6 is 0 Å². The van der Waals surface area contributed by atoms with Gasteiger partial charge in [0.2, 0.25) is 0 Å². The Labute approximate surface area is 140 Å². The molecule has 0 radical (unpaired) electrons. The first-order valence-corrected chi connectivity index (χ1v) is 7.86. The van der Waals surface area contributed by atoms with Crippen LogP contribution in [0.2, 0.25) is 0 Å². The smallest absolute Gasteiger partial charge is 0.300 e. The zero-order chi connectivity index (χ0) is 16.9. The molecule has 4 aromatic rings. The molecule has 3 heteroatoms. The van der Waals surface area contributed by atoms with Crippen LogP contribution in [0.3, 0.4) is 0 Å². The van der Waals surface area contributed by atoms with Crippen molar-refractivity contribution < 1.29 is 9.90 Å². The minimum Gasteiger partial charge on any atom is -0.481 e. The molecule has 120 valence electrons. The molecule has 0 bridgehead atoms. The number of hydrogen-bond donors (Lipinski definition) is 1. The number of aromatic nitrogens is 1. The highest BCUT2D eigenvalue weighted by Crippen LogP contribution is 2.29. The van der Waals surface area contributed by atoms with Crippen molar-refractivity contribution in [3.63, 3.8) is 0 Å².